The lowest BCUT2D eigenvalue weighted by Gasteiger charge is -2.30. The number of hydrogen-bond acceptors (Lipinski definition) is 4. The molecule has 2 aliphatic rings. The van der Waals surface area contributed by atoms with Crippen LogP contribution in [0.15, 0.2) is 18.2 Å². The van der Waals surface area contributed by atoms with E-state index in [1.807, 2.05) is 18.2 Å². The zero-order valence-corrected chi connectivity index (χ0v) is 14.5. The number of carbonyl (C=O) groups excluding carboxylic acids is 2. The molecule has 1 fully saturated rings. The second-order valence-corrected chi connectivity index (χ2v) is 6.40. The van der Waals surface area contributed by atoms with Crippen LogP contribution in [0.5, 0.6) is 0 Å². The van der Waals surface area contributed by atoms with Crippen molar-refractivity contribution in [1.29, 1.82) is 0 Å². The molecule has 0 aromatic heterocycles. The molecule has 0 saturated carbocycles. The maximum Gasteiger partial charge on any atom is 0.319 e. The lowest BCUT2D eigenvalue weighted by Crippen LogP contribution is -2.38. The molecule has 7 nitrogen and oxygen atoms in total. The molecule has 0 spiro atoms. The molecule has 1 aromatic rings. The molecule has 3 amide bonds. The van der Waals surface area contributed by atoms with Gasteiger partial charge in [0, 0.05) is 38.2 Å². The number of methoxy groups -OCH3 is 1. The lowest BCUT2D eigenvalue weighted by atomic mass is 10.0. The highest BCUT2D eigenvalue weighted by atomic mass is 16.5. The largest absolute Gasteiger partial charge is 0.376 e. The number of anilines is 2. The fourth-order valence-corrected chi connectivity index (χ4v) is 3.30. The van der Waals surface area contributed by atoms with Gasteiger partial charge in [0.15, 0.2) is 0 Å². The van der Waals surface area contributed by atoms with Gasteiger partial charge in [-0.15, -0.1) is 0 Å². The predicted molar refractivity (Wildman–Crippen MR) is 95.0 cm³/mol. The Balaban J connectivity index is 1.63. The smallest absolute Gasteiger partial charge is 0.319 e. The summed E-state index contributed by atoms with van der Waals surface area (Å²) in [5.41, 5.74) is 2.63. The van der Waals surface area contributed by atoms with Gasteiger partial charge in [-0.05, 0) is 43.4 Å². The quantitative estimate of drug-likeness (QED) is 0.853. The molecule has 2 heterocycles. The molecule has 0 radical (unpaired) electrons. The van der Waals surface area contributed by atoms with Gasteiger partial charge in [0.2, 0.25) is 0 Å². The van der Waals surface area contributed by atoms with Crippen LogP contribution in [0.3, 0.4) is 0 Å². The van der Waals surface area contributed by atoms with E-state index in [2.05, 4.69) is 10.6 Å². The van der Waals surface area contributed by atoms with Gasteiger partial charge in [-0.25, -0.2) is 4.79 Å². The molecule has 2 N–H and O–H groups in total. The molecule has 0 bridgehead atoms. The van der Waals surface area contributed by atoms with Crippen molar-refractivity contribution >= 4 is 23.3 Å². The van der Waals surface area contributed by atoms with E-state index < -0.39 is 0 Å². The minimum absolute atomic E-state index is 0.0545. The van der Waals surface area contributed by atoms with Crippen molar-refractivity contribution in [3.63, 3.8) is 0 Å². The van der Waals surface area contributed by atoms with Gasteiger partial charge in [-0.3, -0.25) is 4.79 Å². The Bertz CT molecular complexity index is 629. The molecule has 1 atom stereocenters. The summed E-state index contributed by atoms with van der Waals surface area (Å²) in [6.07, 6.45) is 3.99. The molecule has 3 rings (SSSR count). The number of ether oxygens (including phenoxy) is 2. The fraction of sp³-hybridized carbons (Fsp3) is 0.556. The van der Waals surface area contributed by atoms with Crippen molar-refractivity contribution in [3.8, 4) is 0 Å². The Labute approximate surface area is 147 Å². The van der Waals surface area contributed by atoms with Crippen LogP contribution >= 0.6 is 0 Å². The van der Waals surface area contributed by atoms with E-state index in [1.165, 1.54) is 7.11 Å². The number of rotatable bonds is 5. The monoisotopic (exact) mass is 347 g/mol. The zero-order chi connectivity index (χ0) is 17.6. The van der Waals surface area contributed by atoms with Crippen molar-refractivity contribution in [2.24, 2.45) is 0 Å². The molecule has 136 valence electrons. The number of hydrogen-bond donors (Lipinski definition) is 2. The Morgan fingerprint density at radius 3 is 3.00 bits per heavy atom. The molecule has 25 heavy (non-hydrogen) atoms. The molecule has 1 saturated heterocycles. The first kappa shape index (κ1) is 17.7. The number of urea groups is 1. The van der Waals surface area contributed by atoms with E-state index in [0.29, 0.717) is 18.8 Å². The summed E-state index contributed by atoms with van der Waals surface area (Å²) < 4.78 is 10.5. The number of aryl methyl sites for hydroxylation is 1. The van der Waals surface area contributed by atoms with E-state index in [0.717, 1.165) is 43.5 Å². The first-order valence-corrected chi connectivity index (χ1v) is 8.76. The summed E-state index contributed by atoms with van der Waals surface area (Å²) >= 11 is 0. The number of fused-ring (bicyclic) bond motifs is 1. The van der Waals surface area contributed by atoms with Gasteiger partial charge in [-0.2, -0.15) is 0 Å². The molecular formula is C18H25N3O4. The summed E-state index contributed by atoms with van der Waals surface area (Å²) in [6, 6.07) is 5.43. The average molecular weight is 347 g/mol. The van der Waals surface area contributed by atoms with Crippen LogP contribution in [0.25, 0.3) is 0 Å². The standard InChI is InChI=1S/C18H25N3O4/c1-24-12-17(22)21-8-2-4-13-6-7-14(10-16(13)21)20-18(23)19-11-15-5-3-9-25-15/h6-7,10,15H,2-5,8-9,11-12H2,1H3,(H2,19,20,23)/t15-/m0/s1. The van der Waals surface area contributed by atoms with Crippen molar-refractivity contribution in [2.75, 3.05) is 43.6 Å². The first-order chi connectivity index (χ1) is 12.2. The number of benzene rings is 1. The molecule has 0 aliphatic carbocycles. The molecule has 1 aromatic carbocycles. The number of nitrogens with one attached hydrogen (secondary N) is 2. The van der Waals surface area contributed by atoms with E-state index >= 15 is 0 Å². The number of nitrogens with zero attached hydrogens (tertiary/aromatic N) is 1. The van der Waals surface area contributed by atoms with E-state index in [1.54, 1.807) is 4.90 Å². The Hall–Kier alpha value is -2.12. The number of amides is 3. The summed E-state index contributed by atoms with van der Waals surface area (Å²) in [5.74, 6) is -0.0663. The third kappa shape index (κ3) is 4.49. The van der Waals surface area contributed by atoms with Gasteiger partial charge < -0.3 is 25.0 Å². The summed E-state index contributed by atoms with van der Waals surface area (Å²) in [4.78, 5) is 26.0. The highest BCUT2D eigenvalue weighted by Crippen LogP contribution is 2.30. The zero-order valence-electron chi connectivity index (χ0n) is 14.5. The maximum absolute atomic E-state index is 12.2. The minimum Gasteiger partial charge on any atom is -0.376 e. The molecular weight excluding hydrogens is 322 g/mol. The SMILES string of the molecule is COCC(=O)N1CCCc2ccc(NC(=O)NC[C@@H]3CCCO3)cc21. The van der Waals surface area contributed by atoms with Crippen molar-refractivity contribution in [2.45, 2.75) is 31.8 Å². The summed E-state index contributed by atoms with van der Waals surface area (Å²) in [7, 11) is 1.51. The number of carbonyl (C=O) groups is 2. The van der Waals surface area contributed by atoms with Crippen LogP contribution in [-0.4, -0.2) is 51.5 Å². The van der Waals surface area contributed by atoms with E-state index in [4.69, 9.17) is 9.47 Å². The van der Waals surface area contributed by atoms with Gasteiger partial charge in [0.1, 0.15) is 6.61 Å². The minimum atomic E-state index is -0.263. The van der Waals surface area contributed by atoms with Crippen molar-refractivity contribution in [1.82, 2.24) is 5.32 Å². The van der Waals surface area contributed by atoms with Gasteiger partial charge >= 0.3 is 6.03 Å². The van der Waals surface area contributed by atoms with Crippen LogP contribution < -0.4 is 15.5 Å². The second kappa shape index (κ2) is 8.31. The lowest BCUT2D eigenvalue weighted by molar-refractivity contribution is -0.122. The Morgan fingerprint density at radius 1 is 1.36 bits per heavy atom. The van der Waals surface area contributed by atoms with Gasteiger partial charge in [0.05, 0.1) is 6.10 Å². The van der Waals surface area contributed by atoms with Crippen LogP contribution in [0.2, 0.25) is 0 Å². The summed E-state index contributed by atoms with van der Waals surface area (Å²) in [6.45, 7) is 2.00. The van der Waals surface area contributed by atoms with Gasteiger partial charge in [0.25, 0.3) is 5.91 Å². The predicted octanol–water partition coefficient (Wildman–Crippen LogP) is 1.91. The highest BCUT2D eigenvalue weighted by molar-refractivity contribution is 5.97. The topological polar surface area (TPSA) is 79.9 Å². The normalized spacial score (nSPS) is 19.4. The molecule has 2 aliphatic heterocycles. The molecule has 0 unspecified atom stereocenters. The Morgan fingerprint density at radius 2 is 2.24 bits per heavy atom. The Kier molecular flexibility index (Phi) is 5.88. The summed E-state index contributed by atoms with van der Waals surface area (Å²) in [5, 5.41) is 5.66. The maximum atomic E-state index is 12.2. The van der Waals surface area contributed by atoms with Crippen LogP contribution in [0.1, 0.15) is 24.8 Å². The van der Waals surface area contributed by atoms with Crippen LogP contribution in [0, 0.1) is 0 Å². The van der Waals surface area contributed by atoms with E-state index in [9.17, 15) is 9.59 Å². The van der Waals surface area contributed by atoms with Crippen molar-refractivity contribution in [3.05, 3.63) is 23.8 Å². The second-order valence-electron chi connectivity index (χ2n) is 6.40. The molecule has 7 heteroatoms. The average Bonchev–Trinajstić information content (AvgIpc) is 3.13. The van der Waals surface area contributed by atoms with Gasteiger partial charge in [-0.1, -0.05) is 6.07 Å². The third-order valence-corrected chi connectivity index (χ3v) is 4.54. The van der Waals surface area contributed by atoms with Crippen molar-refractivity contribution < 1.29 is 19.1 Å². The fourth-order valence-electron chi connectivity index (χ4n) is 3.30. The third-order valence-electron chi connectivity index (χ3n) is 4.54. The van der Waals surface area contributed by atoms with E-state index in [-0.39, 0.29) is 24.6 Å². The van der Waals surface area contributed by atoms with Crippen LogP contribution in [0.4, 0.5) is 16.2 Å². The van der Waals surface area contributed by atoms with Crippen LogP contribution in [-0.2, 0) is 20.7 Å². The highest BCUT2D eigenvalue weighted by Gasteiger charge is 2.23. The first-order valence-electron chi connectivity index (χ1n) is 8.76.